The average molecular weight is 522 g/mol. The fraction of sp³-hybridized carbons (Fsp3) is 0.522. The summed E-state index contributed by atoms with van der Waals surface area (Å²) < 4.78 is 0. The molecule has 2 rings (SSSR count). The number of phenols is 1. The molecule has 1 fully saturated rings. The highest BCUT2D eigenvalue weighted by Crippen LogP contribution is 2.12. The van der Waals surface area contributed by atoms with Crippen LogP contribution in [0.3, 0.4) is 0 Å². The quantitative estimate of drug-likeness (QED) is 0.0695. The summed E-state index contributed by atoms with van der Waals surface area (Å²) in [6, 6.07) is 1.74. The first-order valence-electron chi connectivity index (χ1n) is 11.9. The highest BCUT2D eigenvalue weighted by atomic mass is 16.4. The van der Waals surface area contributed by atoms with E-state index >= 15 is 0 Å². The van der Waals surface area contributed by atoms with Gasteiger partial charge in [0.15, 0.2) is 5.96 Å². The highest BCUT2D eigenvalue weighted by molar-refractivity contribution is 5.94. The molecule has 4 unspecified atom stereocenters. The molecule has 1 aromatic rings. The molecule has 37 heavy (non-hydrogen) atoms. The molecule has 14 heteroatoms. The van der Waals surface area contributed by atoms with Gasteiger partial charge in [-0.2, -0.15) is 0 Å². The fourth-order valence-electron chi connectivity index (χ4n) is 3.76. The Morgan fingerprint density at radius 2 is 1.68 bits per heavy atom. The van der Waals surface area contributed by atoms with Crippen molar-refractivity contribution in [3.05, 3.63) is 29.8 Å². The number of benzene rings is 1. The minimum atomic E-state index is -1.46. The number of carbonyl (C=O) groups excluding carboxylic acids is 3. The van der Waals surface area contributed by atoms with E-state index in [4.69, 9.17) is 11.5 Å². The third-order valence-corrected chi connectivity index (χ3v) is 5.76. The number of guanidine groups is 1. The third-order valence-electron chi connectivity index (χ3n) is 5.76. The van der Waals surface area contributed by atoms with E-state index in [9.17, 15) is 34.5 Å². The van der Waals surface area contributed by atoms with Crippen molar-refractivity contribution in [1.29, 1.82) is 0 Å². The van der Waals surface area contributed by atoms with Crippen LogP contribution in [0.1, 0.15) is 31.2 Å². The number of nitrogens with zero attached hydrogens (tertiary/aromatic N) is 1. The number of nitrogens with one attached hydrogen (secondary N) is 4. The van der Waals surface area contributed by atoms with E-state index in [2.05, 4.69) is 26.3 Å². The maximum absolute atomic E-state index is 13.1. The number of aliphatic hydroxyl groups is 1. The van der Waals surface area contributed by atoms with Crippen LogP contribution in [-0.4, -0.2) is 88.8 Å². The van der Waals surface area contributed by atoms with Crippen LogP contribution in [0.15, 0.2) is 29.3 Å². The Balaban J connectivity index is 2.07. The zero-order valence-electron chi connectivity index (χ0n) is 20.4. The van der Waals surface area contributed by atoms with Crippen LogP contribution < -0.4 is 32.7 Å². The number of aliphatic carboxylic acids is 1. The van der Waals surface area contributed by atoms with Crippen molar-refractivity contribution in [3.63, 3.8) is 0 Å². The molecular formula is C23H35N7O7. The van der Waals surface area contributed by atoms with Crippen molar-refractivity contribution in [2.75, 3.05) is 19.7 Å². The van der Waals surface area contributed by atoms with Gasteiger partial charge in [0.05, 0.1) is 12.6 Å². The SMILES string of the molecule is NC(N)=NCCCC(NC(=O)C(CO)NC(=O)C(Cc1ccc(O)cc1)NC(=O)C1CCCN1)C(=O)O. The molecule has 1 aromatic carbocycles. The Morgan fingerprint density at radius 3 is 2.24 bits per heavy atom. The number of hydrogen-bond acceptors (Lipinski definition) is 8. The molecule has 1 aliphatic heterocycles. The Bertz CT molecular complexity index is 961. The average Bonchev–Trinajstić information content (AvgIpc) is 3.40. The van der Waals surface area contributed by atoms with Crippen LogP contribution in [0.5, 0.6) is 5.75 Å². The monoisotopic (exact) mass is 521 g/mol. The summed E-state index contributed by atoms with van der Waals surface area (Å²) >= 11 is 0. The first kappa shape index (κ1) is 29.3. The predicted octanol–water partition coefficient (Wildman–Crippen LogP) is -2.73. The molecule has 4 atom stereocenters. The summed E-state index contributed by atoms with van der Waals surface area (Å²) in [5, 5.41) is 39.1. The summed E-state index contributed by atoms with van der Waals surface area (Å²) in [5.41, 5.74) is 11.1. The Labute approximate surface area is 213 Å². The number of amides is 3. The van der Waals surface area contributed by atoms with Gasteiger partial charge in [0, 0.05) is 13.0 Å². The van der Waals surface area contributed by atoms with Crippen molar-refractivity contribution >= 4 is 29.7 Å². The Morgan fingerprint density at radius 1 is 1.03 bits per heavy atom. The van der Waals surface area contributed by atoms with Crippen LogP contribution in [0.25, 0.3) is 0 Å². The minimum Gasteiger partial charge on any atom is -0.508 e. The molecule has 1 aliphatic rings. The molecule has 1 saturated heterocycles. The van der Waals surface area contributed by atoms with Crippen molar-refractivity contribution in [1.82, 2.24) is 21.3 Å². The van der Waals surface area contributed by atoms with E-state index in [1.165, 1.54) is 12.1 Å². The van der Waals surface area contributed by atoms with Crippen LogP contribution in [0.2, 0.25) is 0 Å². The van der Waals surface area contributed by atoms with Gasteiger partial charge in [-0.15, -0.1) is 0 Å². The van der Waals surface area contributed by atoms with Crippen LogP contribution in [0.4, 0.5) is 0 Å². The zero-order chi connectivity index (χ0) is 27.4. The molecule has 14 nitrogen and oxygen atoms in total. The number of rotatable bonds is 14. The predicted molar refractivity (Wildman–Crippen MR) is 133 cm³/mol. The minimum absolute atomic E-state index is 0.0118. The number of hydrogen-bond donors (Lipinski definition) is 9. The second-order valence-electron chi connectivity index (χ2n) is 8.67. The molecule has 0 radical (unpaired) electrons. The summed E-state index contributed by atoms with van der Waals surface area (Å²) in [7, 11) is 0. The summed E-state index contributed by atoms with van der Waals surface area (Å²) in [5.74, 6) is -3.44. The van der Waals surface area contributed by atoms with Gasteiger partial charge < -0.3 is 48.1 Å². The lowest BCUT2D eigenvalue weighted by Crippen LogP contribution is -2.58. The maximum atomic E-state index is 13.1. The number of aromatic hydroxyl groups is 1. The Kier molecular flexibility index (Phi) is 11.6. The van der Waals surface area contributed by atoms with Crippen LogP contribution in [-0.2, 0) is 25.6 Å². The smallest absolute Gasteiger partial charge is 0.326 e. The van der Waals surface area contributed by atoms with Gasteiger partial charge in [0.25, 0.3) is 0 Å². The van der Waals surface area contributed by atoms with Gasteiger partial charge >= 0.3 is 5.97 Å². The van der Waals surface area contributed by atoms with Gasteiger partial charge in [0.1, 0.15) is 23.9 Å². The molecule has 0 aliphatic carbocycles. The largest absolute Gasteiger partial charge is 0.508 e. The number of carbonyl (C=O) groups is 4. The molecule has 11 N–H and O–H groups in total. The first-order chi connectivity index (χ1) is 17.6. The lowest BCUT2D eigenvalue weighted by molar-refractivity contribution is -0.142. The van der Waals surface area contributed by atoms with Gasteiger partial charge in [-0.1, -0.05) is 12.1 Å². The van der Waals surface area contributed by atoms with Gasteiger partial charge in [0.2, 0.25) is 17.7 Å². The molecule has 0 saturated carbocycles. The number of carboxylic acid groups (broad SMARTS) is 1. The van der Waals surface area contributed by atoms with Crippen molar-refractivity contribution in [2.45, 2.75) is 56.3 Å². The molecule has 1 heterocycles. The van der Waals surface area contributed by atoms with Crippen molar-refractivity contribution in [3.8, 4) is 5.75 Å². The summed E-state index contributed by atoms with van der Waals surface area (Å²) in [4.78, 5) is 53.7. The lowest BCUT2D eigenvalue weighted by atomic mass is 10.0. The second-order valence-corrected chi connectivity index (χ2v) is 8.67. The van der Waals surface area contributed by atoms with E-state index in [0.717, 1.165) is 6.42 Å². The number of carboxylic acids is 1. The number of aliphatic hydroxyl groups excluding tert-OH is 1. The van der Waals surface area contributed by atoms with Crippen molar-refractivity contribution < 1.29 is 34.5 Å². The van der Waals surface area contributed by atoms with Crippen LogP contribution >= 0.6 is 0 Å². The number of nitrogens with two attached hydrogens (primary N) is 2. The van der Waals surface area contributed by atoms with Crippen molar-refractivity contribution in [2.24, 2.45) is 16.5 Å². The van der Waals surface area contributed by atoms with E-state index in [1.807, 2.05) is 0 Å². The summed E-state index contributed by atoms with van der Waals surface area (Å²) in [6.45, 7) is 0.0367. The number of phenolic OH excluding ortho intramolecular Hbond substituents is 1. The number of aliphatic imine (C=N–C) groups is 1. The fourth-order valence-corrected chi connectivity index (χ4v) is 3.76. The summed E-state index contributed by atoms with van der Waals surface area (Å²) in [6.07, 6.45) is 1.75. The van der Waals surface area contributed by atoms with E-state index in [0.29, 0.717) is 18.5 Å². The van der Waals surface area contributed by atoms with Crippen LogP contribution in [0, 0.1) is 0 Å². The normalized spacial score (nSPS) is 17.2. The van der Waals surface area contributed by atoms with Gasteiger partial charge in [-0.25, -0.2) is 4.79 Å². The molecule has 3 amide bonds. The molecule has 0 spiro atoms. The zero-order valence-corrected chi connectivity index (χ0v) is 20.4. The molecule has 204 valence electrons. The first-order valence-corrected chi connectivity index (χ1v) is 11.9. The van der Waals surface area contributed by atoms with E-state index in [1.54, 1.807) is 12.1 Å². The topological polar surface area (TPSA) is 241 Å². The third kappa shape index (κ3) is 9.93. The standard InChI is InChI=1S/C23H35N7O7/c24-23(25)27-10-2-4-16(22(36)37)28-21(35)18(12-31)30-20(34)17(11-13-5-7-14(32)8-6-13)29-19(33)15-3-1-9-26-15/h5-8,15-18,26,31-32H,1-4,9-12H2,(H,28,35)(H,29,33)(H,30,34)(H,36,37)(H4,24,25,27). The molecular weight excluding hydrogens is 486 g/mol. The second kappa shape index (κ2) is 14.6. The lowest BCUT2D eigenvalue weighted by Gasteiger charge is -2.24. The maximum Gasteiger partial charge on any atom is 0.326 e. The molecule has 0 bridgehead atoms. The molecule has 0 aromatic heterocycles. The van der Waals surface area contributed by atoms with Gasteiger partial charge in [-0.05, 0) is 49.9 Å². The van der Waals surface area contributed by atoms with E-state index in [-0.39, 0.29) is 43.4 Å². The van der Waals surface area contributed by atoms with Gasteiger partial charge in [-0.3, -0.25) is 19.4 Å². The van der Waals surface area contributed by atoms with E-state index < -0.39 is 48.6 Å². The Hall–Kier alpha value is -3.91. The highest BCUT2D eigenvalue weighted by Gasteiger charge is 2.31.